The summed E-state index contributed by atoms with van der Waals surface area (Å²) in [6.07, 6.45) is 2.06. The molecule has 0 spiro atoms. The smallest absolute Gasteiger partial charge is 0.249 e. The van der Waals surface area contributed by atoms with Crippen LogP contribution in [0.1, 0.15) is 18.5 Å². The summed E-state index contributed by atoms with van der Waals surface area (Å²) < 4.78 is 19.0. The summed E-state index contributed by atoms with van der Waals surface area (Å²) in [6, 6.07) is 6.60. The molecule has 1 N–H and O–H groups in total. The van der Waals surface area contributed by atoms with E-state index in [1.54, 1.807) is 18.2 Å². The van der Waals surface area contributed by atoms with E-state index in [1.807, 2.05) is 5.38 Å². The minimum atomic E-state index is -0.301. The fourth-order valence-corrected chi connectivity index (χ4v) is 3.27. The average molecular weight is 320 g/mol. The molecular formula is C16H17FN2O2S. The molecule has 0 saturated carbocycles. The Hall–Kier alpha value is -1.79. The van der Waals surface area contributed by atoms with Crippen LogP contribution in [0.5, 0.6) is 0 Å². The lowest BCUT2D eigenvalue weighted by Crippen LogP contribution is -2.35. The highest BCUT2D eigenvalue weighted by atomic mass is 32.1. The molecule has 2 aromatic rings. The van der Waals surface area contributed by atoms with Gasteiger partial charge in [0.1, 0.15) is 16.9 Å². The number of rotatable bonds is 5. The number of carbonyl (C=O) groups is 1. The summed E-state index contributed by atoms with van der Waals surface area (Å²) in [5, 5.41) is 5.43. The number of carbonyl (C=O) groups excluding carboxylic acids is 1. The second kappa shape index (κ2) is 6.98. The van der Waals surface area contributed by atoms with Gasteiger partial charge in [0.05, 0.1) is 5.69 Å². The molecule has 116 valence electrons. The second-order valence-electron chi connectivity index (χ2n) is 5.17. The van der Waals surface area contributed by atoms with Crippen LogP contribution in [-0.4, -0.2) is 30.1 Å². The third kappa shape index (κ3) is 3.51. The van der Waals surface area contributed by atoms with Crippen molar-refractivity contribution in [1.82, 2.24) is 10.3 Å². The minimum absolute atomic E-state index is 0.0537. The van der Waals surface area contributed by atoms with Gasteiger partial charge in [0.2, 0.25) is 5.91 Å². The highest BCUT2D eigenvalue weighted by molar-refractivity contribution is 7.13. The van der Waals surface area contributed by atoms with Crippen LogP contribution in [0, 0.1) is 5.82 Å². The molecule has 1 aromatic carbocycles. The van der Waals surface area contributed by atoms with Crippen LogP contribution in [0.4, 0.5) is 4.39 Å². The first-order chi connectivity index (χ1) is 10.7. The van der Waals surface area contributed by atoms with Gasteiger partial charge in [-0.15, -0.1) is 11.3 Å². The van der Waals surface area contributed by atoms with Gasteiger partial charge in [-0.2, -0.15) is 0 Å². The molecule has 1 atom stereocenters. The van der Waals surface area contributed by atoms with Crippen molar-refractivity contribution < 1.29 is 13.9 Å². The van der Waals surface area contributed by atoms with Crippen LogP contribution < -0.4 is 5.32 Å². The van der Waals surface area contributed by atoms with Gasteiger partial charge in [0, 0.05) is 30.5 Å². The van der Waals surface area contributed by atoms with E-state index in [0.29, 0.717) is 30.1 Å². The van der Waals surface area contributed by atoms with E-state index in [1.165, 1.54) is 17.4 Å². The molecular weight excluding hydrogens is 303 g/mol. The molecule has 0 bridgehead atoms. The highest BCUT2D eigenvalue weighted by Gasteiger charge is 2.22. The van der Waals surface area contributed by atoms with Crippen molar-refractivity contribution in [2.75, 3.05) is 13.2 Å². The quantitative estimate of drug-likeness (QED) is 0.921. The predicted molar refractivity (Wildman–Crippen MR) is 83.2 cm³/mol. The first kappa shape index (κ1) is 15.1. The minimum Gasteiger partial charge on any atom is -0.368 e. The van der Waals surface area contributed by atoms with Crippen molar-refractivity contribution in [2.24, 2.45) is 0 Å². The van der Waals surface area contributed by atoms with E-state index >= 15 is 0 Å². The van der Waals surface area contributed by atoms with E-state index in [9.17, 15) is 9.18 Å². The van der Waals surface area contributed by atoms with Crippen LogP contribution in [0.3, 0.4) is 0 Å². The maximum Gasteiger partial charge on any atom is 0.249 e. The molecule has 6 heteroatoms. The van der Waals surface area contributed by atoms with Gasteiger partial charge in [0.25, 0.3) is 0 Å². The number of hydrogen-bond donors (Lipinski definition) is 1. The molecule has 2 heterocycles. The molecule has 4 nitrogen and oxygen atoms in total. The SMILES string of the molecule is O=C(NCCc1csc(-c2ccccc2F)n1)C1CCCO1. The zero-order valence-electron chi connectivity index (χ0n) is 12.0. The van der Waals surface area contributed by atoms with Crippen LogP contribution in [0.25, 0.3) is 10.6 Å². The van der Waals surface area contributed by atoms with Gasteiger partial charge >= 0.3 is 0 Å². The third-order valence-electron chi connectivity index (χ3n) is 3.56. The predicted octanol–water partition coefficient (Wildman–Crippen LogP) is 2.79. The van der Waals surface area contributed by atoms with E-state index in [0.717, 1.165) is 18.5 Å². The molecule has 1 aliphatic rings. The summed E-state index contributed by atoms with van der Waals surface area (Å²) in [5.74, 6) is -0.322. The summed E-state index contributed by atoms with van der Waals surface area (Å²) in [6.45, 7) is 1.18. The van der Waals surface area contributed by atoms with Crippen molar-refractivity contribution >= 4 is 17.2 Å². The average Bonchev–Trinajstić information content (AvgIpc) is 3.19. The Morgan fingerprint density at radius 2 is 2.32 bits per heavy atom. The highest BCUT2D eigenvalue weighted by Crippen LogP contribution is 2.26. The van der Waals surface area contributed by atoms with Crippen molar-refractivity contribution in [2.45, 2.75) is 25.4 Å². The number of halogens is 1. The Labute approximate surface area is 132 Å². The lowest BCUT2D eigenvalue weighted by Gasteiger charge is -2.09. The first-order valence-electron chi connectivity index (χ1n) is 7.32. The molecule has 0 radical (unpaired) electrons. The van der Waals surface area contributed by atoms with Gasteiger partial charge < -0.3 is 10.1 Å². The summed E-state index contributed by atoms with van der Waals surface area (Å²) in [4.78, 5) is 16.2. The zero-order valence-corrected chi connectivity index (χ0v) is 12.9. The number of benzene rings is 1. The van der Waals surface area contributed by atoms with Crippen LogP contribution >= 0.6 is 11.3 Å². The molecule has 1 fully saturated rings. The van der Waals surface area contributed by atoms with Crippen LogP contribution in [0.2, 0.25) is 0 Å². The van der Waals surface area contributed by atoms with Crippen molar-refractivity contribution in [1.29, 1.82) is 0 Å². The van der Waals surface area contributed by atoms with Crippen molar-refractivity contribution in [3.05, 3.63) is 41.2 Å². The number of amides is 1. The summed E-state index contributed by atoms with van der Waals surface area (Å²) >= 11 is 1.41. The Bertz CT molecular complexity index is 653. The summed E-state index contributed by atoms with van der Waals surface area (Å²) in [5.41, 5.74) is 1.37. The monoisotopic (exact) mass is 320 g/mol. The number of ether oxygens (including phenoxy) is 1. The maximum atomic E-state index is 13.7. The topological polar surface area (TPSA) is 51.2 Å². The largest absolute Gasteiger partial charge is 0.368 e. The normalized spacial score (nSPS) is 17.6. The third-order valence-corrected chi connectivity index (χ3v) is 4.48. The summed E-state index contributed by atoms with van der Waals surface area (Å²) in [7, 11) is 0. The van der Waals surface area contributed by atoms with Gasteiger partial charge in [0.15, 0.2) is 0 Å². The number of nitrogens with zero attached hydrogens (tertiary/aromatic N) is 1. The maximum absolute atomic E-state index is 13.7. The standard InChI is InChI=1S/C16H17FN2O2S/c17-13-5-2-1-4-12(13)16-19-11(10-22-16)7-8-18-15(20)14-6-3-9-21-14/h1-2,4-5,10,14H,3,6-9H2,(H,18,20). The number of hydrogen-bond acceptors (Lipinski definition) is 4. The molecule has 1 aliphatic heterocycles. The van der Waals surface area contributed by atoms with Crippen LogP contribution in [-0.2, 0) is 16.0 Å². The van der Waals surface area contributed by atoms with E-state index in [4.69, 9.17) is 4.74 Å². The molecule has 1 amide bonds. The number of nitrogens with one attached hydrogen (secondary N) is 1. The first-order valence-corrected chi connectivity index (χ1v) is 8.20. The zero-order chi connectivity index (χ0) is 15.4. The fraction of sp³-hybridized carbons (Fsp3) is 0.375. The lowest BCUT2D eigenvalue weighted by molar-refractivity contribution is -0.129. The molecule has 1 aromatic heterocycles. The van der Waals surface area contributed by atoms with Gasteiger partial charge in [-0.05, 0) is 25.0 Å². The second-order valence-corrected chi connectivity index (χ2v) is 6.02. The van der Waals surface area contributed by atoms with Crippen LogP contribution in [0.15, 0.2) is 29.6 Å². The number of thiazole rings is 1. The Morgan fingerprint density at radius 3 is 3.09 bits per heavy atom. The van der Waals surface area contributed by atoms with E-state index in [2.05, 4.69) is 10.3 Å². The molecule has 22 heavy (non-hydrogen) atoms. The molecule has 1 saturated heterocycles. The Morgan fingerprint density at radius 1 is 1.45 bits per heavy atom. The van der Waals surface area contributed by atoms with E-state index < -0.39 is 0 Å². The lowest BCUT2D eigenvalue weighted by atomic mass is 10.2. The Balaban J connectivity index is 1.54. The van der Waals surface area contributed by atoms with Gasteiger partial charge in [-0.3, -0.25) is 4.79 Å². The fourth-order valence-electron chi connectivity index (χ4n) is 2.39. The Kier molecular flexibility index (Phi) is 4.80. The number of aromatic nitrogens is 1. The molecule has 1 unspecified atom stereocenters. The molecule has 0 aliphatic carbocycles. The molecule has 3 rings (SSSR count). The van der Waals surface area contributed by atoms with Gasteiger partial charge in [-0.25, -0.2) is 9.37 Å². The van der Waals surface area contributed by atoms with Crippen molar-refractivity contribution in [3.63, 3.8) is 0 Å². The van der Waals surface area contributed by atoms with Crippen molar-refractivity contribution in [3.8, 4) is 10.6 Å². The van der Waals surface area contributed by atoms with E-state index in [-0.39, 0.29) is 17.8 Å². The van der Waals surface area contributed by atoms with Gasteiger partial charge in [-0.1, -0.05) is 12.1 Å².